The monoisotopic (exact) mass is 437 g/mol. The van der Waals surface area contributed by atoms with Crippen molar-refractivity contribution in [2.45, 2.75) is 64.6 Å². The van der Waals surface area contributed by atoms with Crippen LogP contribution in [-0.4, -0.2) is 38.5 Å². The van der Waals surface area contributed by atoms with Crippen LogP contribution in [0.25, 0.3) is 5.69 Å². The Bertz CT molecular complexity index is 1020. The van der Waals surface area contributed by atoms with Crippen LogP contribution < -0.4 is 4.74 Å². The normalized spacial score (nSPS) is 14.7. The van der Waals surface area contributed by atoms with Gasteiger partial charge in [0.2, 0.25) is 5.88 Å². The van der Waals surface area contributed by atoms with Crippen LogP contribution in [0.4, 0.5) is 4.39 Å². The average molecular weight is 438 g/mol. The van der Waals surface area contributed by atoms with Crippen molar-refractivity contribution in [2.24, 2.45) is 0 Å². The van der Waals surface area contributed by atoms with Gasteiger partial charge in [0.25, 0.3) is 0 Å². The van der Waals surface area contributed by atoms with Crippen LogP contribution in [0.5, 0.6) is 11.6 Å². The Kier molecular flexibility index (Phi) is 7.22. The summed E-state index contributed by atoms with van der Waals surface area (Å²) < 4.78 is 22.0. The lowest BCUT2D eigenvalue weighted by Crippen LogP contribution is -2.34. The van der Waals surface area contributed by atoms with Crippen LogP contribution in [0, 0.1) is 5.82 Å². The Labute approximate surface area is 189 Å². The number of ether oxygens (including phenoxy) is 1. The molecule has 5 nitrogen and oxygen atoms in total. The fraction of sp³-hybridized carbons (Fsp3) is 0.423. The zero-order valence-electron chi connectivity index (χ0n) is 18.9. The number of nitrogens with zero attached hydrogens (tertiary/aromatic N) is 3. The van der Waals surface area contributed by atoms with Crippen LogP contribution in [0.1, 0.15) is 50.8 Å². The van der Waals surface area contributed by atoms with Gasteiger partial charge in [0.05, 0.1) is 23.0 Å². The van der Waals surface area contributed by atoms with E-state index >= 15 is 0 Å². The Morgan fingerprint density at radius 2 is 1.94 bits per heavy atom. The SMILES string of the molecule is CCCC(O)CN(Cc1c(CC)nn(-c2ccccc2)c1Oc1cccc(F)c1)C1CC1. The maximum atomic E-state index is 13.9. The molecule has 6 heteroatoms. The second-order valence-corrected chi connectivity index (χ2v) is 8.49. The summed E-state index contributed by atoms with van der Waals surface area (Å²) in [5.74, 6) is 0.706. The molecule has 4 rings (SSSR count). The smallest absolute Gasteiger partial charge is 0.227 e. The highest BCUT2D eigenvalue weighted by Crippen LogP contribution is 2.35. The summed E-state index contributed by atoms with van der Waals surface area (Å²) in [5.41, 5.74) is 2.84. The lowest BCUT2D eigenvalue weighted by molar-refractivity contribution is 0.0961. The van der Waals surface area contributed by atoms with E-state index < -0.39 is 0 Å². The van der Waals surface area contributed by atoms with E-state index in [-0.39, 0.29) is 11.9 Å². The quantitative estimate of drug-likeness (QED) is 0.431. The van der Waals surface area contributed by atoms with E-state index in [2.05, 4.69) is 18.7 Å². The molecule has 1 aromatic heterocycles. The summed E-state index contributed by atoms with van der Waals surface area (Å²) in [6.45, 7) is 5.46. The van der Waals surface area contributed by atoms with Gasteiger partial charge in [-0.25, -0.2) is 9.07 Å². The summed E-state index contributed by atoms with van der Waals surface area (Å²) in [6.07, 6.45) is 4.45. The molecule has 1 heterocycles. The summed E-state index contributed by atoms with van der Waals surface area (Å²) in [4.78, 5) is 2.35. The minimum absolute atomic E-state index is 0.340. The van der Waals surface area contributed by atoms with Crippen molar-refractivity contribution in [1.82, 2.24) is 14.7 Å². The zero-order chi connectivity index (χ0) is 22.5. The fourth-order valence-corrected chi connectivity index (χ4v) is 4.09. The summed E-state index contributed by atoms with van der Waals surface area (Å²) in [7, 11) is 0. The van der Waals surface area contributed by atoms with Gasteiger partial charge in [0.15, 0.2) is 0 Å². The van der Waals surface area contributed by atoms with Gasteiger partial charge in [-0.2, -0.15) is 5.10 Å². The molecule has 3 aromatic rings. The van der Waals surface area contributed by atoms with E-state index in [9.17, 15) is 9.50 Å². The van der Waals surface area contributed by atoms with Gasteiger partial charge in [-0.05, 0) is 49.9 Å². The third kappa shape index (κ3) is 5.37. The van der Waals surface area contributed by atoms with Crippen molar-refractivity contribution in [2.75, 3.05) is 6.54 Å². The third-order valence-corrected chi connectivity index (χ3v) is 5.86. The summed E-state index contributed by atoms with van der Waals surface area (Å²) in [6, 6.07) is 16.5. The molecule has 1 aliphatic carbocycles. The minimum atomic E-state index is -0.345. The largest absolute Gasteiger partial charge is 0.438 e. The maximum absolute atomic E-state index is 13.9. The molecule has 0 radical (unpaired) electrons. The number of para-hydroxylation sites is 1. The number of aromatic nitrogens is 2. The molecule has 1 aliphatic rings. The first kappa shape index (κ1) is 22.5. The molecule has 2 aromatic carbocycles. The molecule has 0 amide bonds. The molecule has 0 aliphatic heterocycles. The molecule has 1 N–H and O–H groups in total. The number of hydrogen-bond acceptors (Lipinski definition) is 4. The second kappa shape index (κ2) is 10.3. The number of rotatable bonds is 11. The first-order valence-electron chi connectivity index (χ1n) is 11.6. The Morgan fingerprint density at radius 1 is 1.16 bits per heavy atom. The molecule has 1 atom stereocenters. The Balaban J connectivity index is 1.73. The van der Waals surface area contributed by atoms with Gasteiger partial charge in [-0.3, -0.25) is 4.90 Å². The van der Waals surface area contributed by atoms with Gasteiger partial charge in [-0.1, -0.05) is 44.5 Å². The third-order valence-electron chi connectivity index (χ3n) is 5.86. The molecule has 1 unspecified atom stereocenters. The number of aliphatic hydroxyl groups is 1. The Hall–Kier alpha value is -2.70. The molecule has 0 spiro atoms. The van der Waals surface area contributed by atoms with E-state index in [1.165, 1.54) is 12.1 Å². The highest BCUT2D eigenvalue weighted by atomic mass is 19.1. The van der Waals surface area contributed by atoms with Crippen molar-refractivity contribution < 1.29 is 14.2 Å². The average Bonchev–Trinajstić information content (AvgIpc) is 3.58. The van der Waals surface area contributed by atoms with E-state index in [0.717, 1.165) is 49.0 Å². The minimum Gasteiger partial charge on any atom is -0.438 e. The van der Waals surface area contributed by atoms with Gasteiger partial charge < -0.3 is 9.84 Å². The molecular weight excluding hydrogens is 405 g/mol. The molecule has 0 bridgehead atoms. The van der Waals surface area contributed by atoms with Crippen LogP contribution >= 0.6 is 0 Å². The van der Waals surface area contributed by atoms with E-state index in [4.69, 9.17) is 9.84 Å². The highest BCUT2D eigenvalue weighted by molar-refractivity contribution is 5.44. The van der Waals surface area contributed by atoms with E-state index in [1.54, 1.807) is 12.1 Å². The fourth-order valence-electron chi connectivity index (χ4n) is 4.09. The van der Waals surface area contributed by atoms with Crippen LogP contribution in [0.2, 0.25) is 0 Å². The number of hydrogen-bond donors (Lipinski definition) is 1. The van der Waals surface area contributed by atoms with Crippen LogP contribution in [0.15, 0.2) is 54.6 Å². The molecular formula is C26H32FN3O2. The summed E-state index contributed by atoms with van der Waals surface area (Å²) >= 11 is 0. The number of halogens is 1. The van der Waals surface area contributed by atoms with E-state index in [1.807, 2.05) is 35.0 Å². The predicted octanol–water partition coefficient (Wildman–Crippen LogP) is 5.49. The first-order chi connectivity index (χ1) is 15.6. The second-order valence-electron chi connectivity index (χ2n) is 8.49. The van der Waals surface area contributed by atoms with Crippen molar-refractivity contribution in [1.29, 1.82) is 0 Å². The molecule has 170 valence electrons. The molecule has 32 heavy (non-hydrogen) atoms. The summed E-state index contributed by atoms with van der Waals surface area (Å²) in [5, 5.41) is 15.4. The maximum Gasteiger partial charge on any atom is 0.227 e. The standard InChI is InChI=1S/C26H32FN3O2/c1-3-9-22(31)17-29(20-14-15-20)18-24-25(4-2)28-30(21-11-6-5-7-12-21)26(24)32-23-13-8-10-19(27)16-23/h5-8,10-13,16,20,22,31H,3-4,9,14-15,17-18H2,1-2H3. The van der Waals surface area contributed by atoms with Crippen LogP contribution in [-0.2, 0) is 13.0 Å². The lowest BCUT2D eigenvalue weighted by atomic mass is 10.1. The first-order valence-corrected chi connectivity index (χ1v) is 11.6. The molecule has 1 fully saturated rings. The van der Waals surface area contributed by atoms with Crippen LogP contribution in [0.3, 0.4) is 0 Å². The van der Waals surface area contributed by atoms with Crippen molar-refractivity contribution in [3.8, 4) is 17.3 Å². The van der Waals surface area contributed by atoms with Gasteiger partial charge >= 0.3 is 0 Å². The van der Waals surface area contributed by atoms with Gasteiger partial charge in [0.1, 0.15) is 11.6 Å². The van der Waals surface area contributed by atoms with Crippen molar-refractivity contribution in [3.63, 3.8) is 0 Å². The number of aliphatic hydroxyl groups excluding tert-OH is 1. The van der Waals surface area contributed by atoms with Gasteiger partial charge in [-0.15, -0.1) is 0 Å². The van der Waals surface area contributed by atoms with E-state index in [0.29, 0.717) is 30.8 Å². The predicted molar refractivity (Wildman–Crippen MR) is 124 cm³/mol. The van der Waals surface area contributed by atoms with Crippen molar-refractivity contribution >= 4 is 0 Å². The van der Waals surface area contributed by atoms with Gasteiger partial charge in [0, 0.05) is 25.2 Å². The van der Waals surface area contributed by atoms with Crippen molar-refractivity contribution in [3.05, 3.63) is 71.7 Å². The Morgan fingerprint density at radius 3 is 2.59 bits per heavy atom. The number of aryl methyl sites for hydroxylation is 1. The molecule has 1 saturated carbocycles. The highest BCUT2D eigenvalue weighted by Gasteiger charge is 2.32. The number of benzene rings is 2. The topological polar surface area (TPSA) is 50.5 Å². The molecule has 0 saturated heterocycles. The lowest BCUT2D eigenvalue weighted by Gasteiger charge is -2.25. The zero-order valence-corrected chi connectivity index (χ0v) is 18.9.